The molecule has 16 heteroatoms. The van der Waals surface area contributed by atoms with Crippen LogP contribution in [0.15, 0.2) is 42.5 Å². The van der Waals surface area contributed by atoms with Crippen molar-refractivity contribution in [1.82, 2.24) is 19.6 Å². The summed E-state index contributed by atoms with van der Waals surface area (Å²) in [5.74, 6) is -2.78. The molecular formula is C24H13F7N6O2S. The Labute approximate surface area is 222 Å². The van der Waals surface area contributed by atoms with E-state index in [9.17, 15) is 40.3 Å². The standard InChI is InChI=1S/C24H13F7N6O2S/c1-9-6-14(23(26,27)28)34-22-17(9)18(19(40-22)20(32)38)35-21(39)13-8-16-33-12(10-2-4-11(25)5-3-10)7-15(24(29,30)31)37(16)36-13/h2-8H,1H3,(H2,32,38)(H,35,39). The Balaban J connectivity index is 1.61. The molecule has 3 N–H and O–H groups in total. The molecule has 5 aromatic rings. The third-order valence-corrected chi connectivity index (χ3v) is 6.80. The lowest BCUT2D eigenvalue weighted by molar-refractivity contribution is -0.143. The van der Waals surface area contributed by atoms with Gasteiger partial charge in [0.2, 0.25) is 0 Å². The van der Waals surface area contributed by atoms with Crippen molar-refractivity contribution in [1.29, 1.82) is 0 Å². The fraction of sp³-hybridized carbons (Fsp3) is 0.125. The Morgan fingerprint density at radius 2 is 1.65 bits per heavy atom. The van der Waals surface area contributed by atoms with Gasteiger partial charge in [0.25, 0.3) is 11.8 Å². The molecule has 5 rings (SSSR count). The lowest BCUT2D eigenvalue weighted by Crippen LogP contribution is -2.18. The fourth-order valence-corrected chi connectivity index (χ4v) is 5.01. The summed E-state index contributed by atoms with van der Waals surface area (Å²) in [6, 6.07) is 6.89. The lowest BCUT2D eigenvalue weighted by Gasteiger charge is -2.11. The number of alkyl halides is 6. The number of nitrogens with one attached hydrogen (secondary N) is 1. The van der Waals surface area contributed by atoms with Crippen LogP contribution in [0.1, 0.15) is 37.1 Å². The number of anilines is 1. The van der Waals surface area contributed by atoms with Crippen molar-refractivity contribution >= 4 is 44.7 Å². The molecule has 4 heterocycles. The van der Waals surface area contributed by atoms with E-state index in [-0.39, 0.29) is 43.2 Å². The molecule has 0 fully saturated rings. The van der Waals surface area contributed by atoms with Gasteiger partial charge >= 0.3 is 12.4 Å². The van der Waals surface area contributed by atoms with Gasteiger partial charge in [0.1, 0.15) is 21.2 Å². The third kappa shape index (κ3) is 4.81. The second-order valence-electron chi connectivity index (χ2n) is 8.46. The second kappa shape index (κ2) is 9.25. The first kappa shape index (κ1) is 27.0. The van der Waals surface area contributed by atoms with Crippen LogP contribution in [0, 0.1) is 12.7 Å². The lowest BCUT2D eigenvalue weighted by atomic mass is 10.1. The number of benzene rings is 1. The van der Waals surface area contributed by atoms with E-state index in [1.54, 1.807) is 0 Å². The largest absolute Gasteiger partial charge is 0.433 e. The Morgan fingerprint density at radius 1 is 0.975 bits per heavy atom. The number of nitrogens with zero attached hydrogens (tertiary/aromatic N) is 4. The van der Waals surface area contributed by atoms with Crippen molar-refractivity contribution in [2.75, 3.05) is 5.32 Å². The number of amides is 2. The highest BCUT2D eigenvalue weighted by atomic mass is 32.1. The third-order valence-electron chi connectivity index (χ3n) is 5.70. The highest BCUT2D eigenvalue weighted by Gasteiger charge is 2.36. The van der Waals surface area contributed by atoms with Crippen LogP contribution >= 0.6 is 11.3 Å². The van der Waals surface area contributed by atoms with E-state index in [4.69, 9.17) is 5.73 Å². The minimum atomic E-state index is -4.93. The summed E-state index contributed by atoms with van der Waals surface area (Å²) >= 11 is 0.511. The molecule has 0 saturated heterocycles. The van der Waals surface area contributed by atoms with E-state index in [1.165, 1.54) is 19.1 Å². The molecule has 0 spiro atoms. The molecule has 0 aliphatic rings. The van der Waals surface area contributed by atoms with Crippen molar-refractivity contribution in [3.63, 3.8) is 0 Å². The zero-order valence-electron chi connectivity index (χ0n) is 19.8. The minimum Gasteiger partial charge on any atom is -0.365 e. The van der Waals surface area contributed by atoms with Crippen LogP contribution < -0.4 is 11.1 Å². The van der Waals surface area contributed by atoms with E-state index in [2.05, 4.69) is 20.4 Å². The first-order valence-electron chi connectivity index (χ1n) is 11.0. The molecule has 4 aromatic heterocycles. The van der Waals surface area contributed by atoms with Crippen LogP contribution in [0.2, 0.25) is 0 Å². The number of pyridine rings is 1. The van der Waals surface area contributed by atoms with Crippen LogP contribution in [0.4, 0.5) is 36.4 Å². The van der Waals surface area contributed by atoms with Gasteiger partial charge in [-0.2, -0.15) is 31.4 Å². The van der Waals surface area contributed by atoms with E-state index in [1.807, 2.05) is 0 Å². The normalized spacial score (nSPS) is 12.3. The fourth-order valence-electron chi connectivity index (χ4n) is 3.95. The van der Waals surface area contributed by atoms with Crippen LogP contribution in [0.5, 0.6) is 0 Å². The van der Waals surface area contributed by atoms with Crippen LogP contribution in [0.3, 0.4) is 0 Å². The summed E-state index contributed by atoms with van der Waals surface area (Å²) in [7, 11) is 0. The van der Waals surface area contributed by atoms with Gasteiger partial charge in [0.05, 0.1) is 11.4 Å². The molecule has 0 aliphatic heterocycles. The van der Waals surface area contributed by atoms with Crippen molar-refractivity contribution < 1.29 is 40.3 Å². The summed E-state index contributed by atoms with van der Waals surface area (Å²) in [4.78, 5) is 32.2. The Bertz CT molecular complexity index is 1820. The second-order valence-corrected chi connectivity index (χ2v) is 9.46. The first-order chi connectivity index (χ1) is 18.6. The van der Waals surface area contributed by atoms with Gasteiger partial charge in [-0.3, -0.25) is 9.59 Å². The summed E-state index contributed by atoms with van der Waals surface area (Å²) in [5, 5.41) is 6.04. The number of primary amides is 1. The van der Waals surface area contributed by atoms with Crippen LogP contribution in [-0.2, 0) is 12.4 Å². The minimum absolute atomic E-state index is 0.00313. The van der Waals surface area contributed by atoms with E-state index in [0.29, 0.717) is 21.9 Å². The molecule has 8 nitrogen and oxygen atoms in total. The van der Waals surface area contributed by atoms with Gasteiger partial charge in [-0.05, 0) is 48.9 Å². The SMILES string of the molecule is Cc1cc(C(F)(F)F)nc2sc(C(N)=O)c(NC(=O)c3cc4nc(-c5ccc(F)cc5)cc(C(F)(F)F)n4n3)c12. The van der Waals surface area contributed by atoms with E-state index in [0.717, 1.165) is 24.3 Å². The maximum absolute atomic E-state index is 13.9. The number of nitrogens with two attached hydrogens (primary N) is 1. The van der Waals surface area contributed by atoms with Gasteiger partial charge < -0.3 is 11.1 Å². The van der Waals surface area contributed by atoms with Crippen molar-refractivity contribution in [3.05, 3.63) is 75.8 Å². The van der Waals surface area contributed by atoms with Gasteiger partial charge in [-0.15, -0.1) is 11.3 Å². The Morgan fingerprint density at radius 3 is 2.25 bits per heavy atom. The van der Waals surface area contributed by atoms with Crippen molar-refractivity contribution in [2.45, 2.75) is 19.3 Å². The quantitative estimate of drug-likeness (QED) is 0.258. The van der Waals surface area contributed by atoms with Gasteiger partial charge in [0.15, 0.2) is 17.0 Å². The first-order valence-corrected chi connectivity index (χ1v) is 11.8. The van der Waals surface area contributed by atoms with Crippen molar-refractivity contribution in [2.24, 2.45) is 5.73 Å². The van der Waals surface area contributed by atoms with Crippen LogP contribution in [0.25, 0.3) is 27.1 Å². The number of hydrogen-bond donors (Lipinski definition) is 2. The number of halogens is 7. The number of fused-ring (bicyclic) bond motifs is 2. The average molecular weight is 582 g/mol. The molecule has 0 aliphatic carbocycles. The number of rotatable bonds is 4. The summed E-state index contributed by atoms with van der Waals surface area (Å²) in [6.07, 6.45) is -9.72. The Hall–Kier alpha value is -4.60. The predicted molar refractivity (Wildman–Crippen MR) is 129 cm³/mol. The summed E-state index contributed by atoms with van der Waals surface area (Å²) < 4.78 is 95.0. The molecule has 40 heavy (non-hydrogen) atoms. The summed E-state index contributed by atoms with van der Waals surface area (Å²) in [6.45, 7) is 1.30. The van der Waals surface area contributed by atoms with E-state index < -0.39 is 47.1 Å². The number of carbonyl (C=O) groups is 2. The van der Waals surface area contributed by atoms with Crippen molar-refractivity contribution in [3.8, 4) is 11.3 Å². The molecule has 2 amide bonds. The Kier molecular flexibility index (Phi) is 6.24. The molecule has 206 valence electrons. The maximum Gasteiger partial charge on any atom is 0.433 e. The smallest absolute Gasteiger partial charge is 0.365 e. The van der Waals surface area contributed by atoms with Gasteiger partial charge in [0, 0.05) is 17.0 Å². The predicted octanol–water partition coefficient (Wildman–Crippen LogP) is 5.84. The zero-order valence-corrected chi connectivity index (χ0v) is 20.6. The highest BCUT2D eigenvalue weighted by Crippen LogP contribution is 2.40. The average Bonchev–Trinajstić information content (AvgIpc) is 3.45. The molecular weight excluding hydrogens is 569 g/mol. The number of carbonyl (C=O) groups excluding carboxylic acids is 2. The molecule has 0 saturated carbocycles. The topological polar surface area (TPSA) is 115 Å². The van der Waals surface area contributed by atoms with Gasteiger partial charge in [-0.1, -0.05) is 0 Å². The molecule has 1 aromatic carbocycles. The molecule has 0 unspecified atom stereocenters. The van der Waals surface area contributed by atoms with Crippen LogP contribution in [-0.4, -0.2) is 31.4 Å². The molecule has 0 atom stereocenters. The van der Waals surface area contributed by atoms with E-state index >= 15 is 0 Å². The van der Waals surface area contributed by atoms with Gasteiger partial charge in [-0.25, -0.2) is 18.9 Å². The maximum atomic E-state index is 13.9. The zero-order chi connectivity index (χ0) is 29.1. The molecule has 0 radical (unpaired) electrons. The summed E-state index contributed by atoms with van der Waals surface area (Å²) in [5.41, 5.74) is 1.67. The number of aryl methyl sites for hydroxylation is 1. The highest BCUT2D eigenvalue weighted by molar-refractivity contribution is 7.21. The monoisotopic (exact) mass is 582 g/mol. The number of thiophene rings is 1. The number of aromatic nitrogens is 4. The molecule has 0 bridgehead atoms. The number of hydrogen-bond acceptors (Lipinski definition) is 6.